The minimum atomic E-state index is -2.00. The van der Waals surface area contributed by atoms with Crippen molar-refractivity contribution in [3.8, 4) is 5.75 Å². The van der Waals surface area contributed by atoms with Crippen molar-refractivity contribution in [2.75, 3.05) is 40.6 Å². The standard InChI is InChI=1S/C48H64O27/c1-5-22-24(26(42(62)64-3)17-68-44(22)74-46-39(60)36(57)33(54)28(15-49)70-46)13-31(52)67-19-30-35(56)38(59)41(48(72-30)66-12-11-20-7-9-21(51)10-8-20)73-32(53)14-25-23(6-2)45(69-18-27(25)43(63)65-4)75-47-40(61)37(58)34(55)29(16-50)71-47/h5-10,17-18,24-25,28-30,33-41,44-51,54-61H,11-16,19H2,1-4H3/t24-,25+,28-,29-,30-,33-,34-,35-,36+,37+,38+,39-,40-,41-,44+,45-,46+,47+,48-/m1/s1. The van der Waals surface area contributed by atoms with Gasteiger partial charge in [-0.3, -0.25) is 9.59 Å². The van der Waals surface area contributed by atoms with Gasteiger partial charge in [0.2, 0.25) is 12.6 Å². The van der Waals surface area contributed by atoms with Gasteiger partial charge in [0, 0.05) is 23.0 Å². The zero-order chi connectivity index (χ0) is 54.8. The van der Waals surface area contributed by atoms with E-state index in [4.69, 9.17) is 56.8 Å². The Bertz CT molecular complexity index is 2230. The molecular weight excluding hydrogens is 1010 g/mol. The number of esters is 4. The van der Waals surface area contributed by atoms with Gasteiger partial charge in [0.15, 0.2) is 25.0 Å². The zero-order valence-electron chi connectivity index (χ0n) is 41.0. The summed E-state index contributed by atoms with van der Waals surface area (Å²) in [6.45, 7) is 0.552. The van der Waals surface area contributed by atoms with Gasteiger partial charge in [-0.1, -0.05) is 24.3 Å². The molecule has 75 heavy (non-hydrogen) atoms. The van der Waals surface area contributed by atoms with Crippen LogP contribution in [-0.2, 0) is 82.4 Å². The number of aromatic hydroxyl groups is 1. The highest BCUT2D eigenvalue weighted by Crippen LogP contribution is 2.39. The molecule has 0 bridgehead atoms. The highest BCUT2D eigenvalue weighted by molar-refractivity contribution is 5.91. The van der Waals surface area contributed by atoms with Crippen molar-refractivity contribution in [2.24, 2.45) is 11.8 Å². The van der Waals surface area contributed by atoms with E-state index in [0.717, 1.165) is 26.7 Å². The Balaban J connectivity index is 1.17. The average molecular weight is 1070 g/mol. The van der Waals surface area contributed by atoms with Gasteiger partial charge in [-0.05, 0) is 38.0 Å². The first-order valence-electron chi connectivity index (χ1n) is 23.7. The van der Waals surface area contributed by atoms with Crippen molar-refractivity contribution in [2.45, 2.75) is 138 Å². The van der Waals surface area contributed by atoms with E-state index in [1.54, 1.807) is 12.1 Å². The maximum absolute atomic E-state index is 14.0. The van der Waals surface area contributed by atoms with E-state index in [9.17, 15) is 75.3 Å². The number of aliphatic hydroxyl groups is 10. The zero-order valence-corrected chi connectivity index (χ0v) is 41.0. The SMILES string of the molecule is CC=C1[C@@H](O[C@@H]2O[C@H](CO)[C@@H](O)[C@H](O)[C@H]2O)OC=C(C(=O)OC)[C@H]1CC(=O)O[C@H]1[C@H](OCCc2ccc(O)cc2)O[C@H](COC(=O)C[C@H]2C(C(=O)OC)=CO[C@@H](O[C@@H]3O[C@H](CO)[C@@H](O)[C@H](O)[C@H]3O)C2=CC)[C@@H](O)[C@@H]1O. The predicted molar refractivity (Wildman–Crippen MR) is 243 cm³/mol. The van der Waals surface area contributed by atoms with Crippen LogP contribution in [0.25, 0.3) is 0 Å². The fourth-order valence-electron chi connectivity index (χ4n) is 8.88. The van der Waals surface area contributed by atoms with E-state index in [1.165, 1.54) is 38.1 Å². The number of aliphatic hydroxyl groups excluding tert-OH is 10. The lowest BCUT2D eigenvalue weighted by Crippen LogP contribution is -2.61. The molecule has 3 saturated heterocycles. The van der Waals surface area contributed by atoms with E-state index in [1.807, 2.05) is 0 Å². The molecule has 6 rings (SSSR count). The molecule has 418 valence electrons. The fraction of sp³-hybridized carbons (Fsp3) is 0.625. The Labute approximate surface area is 428 Å². The van der Waals surface area contributed by atoms with Crippen LogP contribution >= 0.6 is 0 Å². The number of hydrogen-bond donors (Lipinski definition) is 11. The summed E-state index contributed by atoms with van der Waals surface area (Å²) < 4.78 is 66.8. The highest BCUT2D eigenvalue weighted by atomic mass is 16.8. The molecule has 27 nitrogen and oxygen atoms in total. The molecule has 0 saturated carbocycles. The van der Waals surface area contributed by atoms with Crippen molar-refractivity contribution in [3.63, 3.8) is 0 Å². The number of phenolic OH excluding ortho intramolecular Hbond substituents is 1. The number of methoxy groups -OCH3 is 2. The number of hydrogen-bond acceptors (Lipinski definition) is 27. The van der Waals surface area contributed by atoms with Crippen LogP contribution in [0.4, 0.5) is 0 Å². The summed E-state index contributed by atoms with van der Waals surface area (Å²) >= 11 is 0. The number of ether oxygens (including phenoxy) is 12. The fourth-order valence-corrected chi connectivity index (χ4v) is 8.88. The minimum absolute atomic E-state index is 0.00290. The van der Waals surface area contributed by atoms with E-state index in [2.05, 4.69) is 0 Å². The molecule has 0 unspecified atom stereocenters. The summed E-state index contributed by atoms with van der Waals surface area (Å²) in [5.41, 5.74) is 0.466. The molecular formula is C48H64O27. The Morgan fingerprint density at radius 3 is 1.49 bits per heavy atom. The topological polar surface area (TPSA) is 402 Å². The molecule has 0 aliphatic carbocycles. The molecule has 0 radical (unpaired) electrons. The number of carbonyl (C=O) groups excluding carboxylic acids is 4. The number of rotatable bonds is 19. The molecule has 0 spiro atoms. The van der Waals surface area contributed by atoms with Crippen molar-refractivity contribution in [3.05, 3.63) is 76.8 Å². The monoisotopic (exact) mass is 1070 g/mol. The maximum Gasteiger partial charge on any atom is 0.337 e. The summed E-state index contributed by atoms with van der Waals surface area (Å²) in [5.74, 6) is -6.43. The Hall–Kier alpha value is -5.18. The first kappa shape index (κ1) is 59.1. The maximum atomic E-state index is 14.0. The Morgan fingerprint density at radius 1 is 0.587 bits per heavy atom. The van der Waals surface area contributed by atoms with Gasteiger partial charge >= 0.3 is 23.9 Å². The number of allylic oxidation sites excluding steroid dienone is 2. The minimum Gasteiger partial charge on any atom is -0.508 e. The lowest BCUT2D eigenvalue weighted by molar-refractivity contribution is -0.327. The third kappa shape index (κ3) is 13.7. The molecule has 5 aliphatic heterocycles. The summed E-state index contributed by atoms with van der Waals surface area (Å²) in [6.07, 6.45) is -25.2. The lowest BCUT2D eigenvalue weighted by atomic mass is 9.86. The molecule has 1 aromatic rings. The molecule has 5 aliphatic rings. The van der Waals surface area contributed by atoms with Crippen LogP contribution in [0.3, 0.4) is 0 Å². The normalized spacial score (nSPS) is 37.1. The second kappa shape index (κ2) is 26.7. The summed E-state index contributed by atoms with van der Waals surface area (Å²) in [7, 11) is 2.14. The van der Waals surface area contributed by atoms with E-state index in [0.29, 0.717) is 5.56 Å². The van der Waals surface area contributed by atoms with Gasteiger partial charge in [0.05, 0.1) is 70.6 Å². The molecule has 1 aromatic carbocycles. The van der Waals surface area contributed by atoms with Crippen molar-refractivity contribution >= 4 is 23.9 Å². The molecule has 19 atom stereocenters. The van der Waals surface area contributed by atoms with Crippen LogP contribution in [0.5, 0.6) is 5.75 Å². The van der Waals surface area contributed by atoms with Crippen molar-refractivity contribution in [1.82, 2.24) is 0 Å². The Kier molecular flexibility index (Phi) is 21.1. The van der Waals surface area contributed by atoms with Crippen LogP contribution in [0, 0.1) is 11.8 Å². The van der Waals surface area contributed by atoms with E-state index >= 15 is 0 Å². The van der Waals surface area contributed by atoms with Gasteiger partial charge in [0.1, 0.15) is 79.5 Å². The van der Waals surface area contributed by atoms with Crippen molar-refractivity contribution in [1.29, 1.82) is 0 Å². The molecule has 11 N–H and O–H groups in total. The second-order valence-electron chi connectivity index (χ2n) is 17.8. The second-order valence-corrected chi connectivity index (χ2v) is 17.8. The first-order valence-corrected chi connectivity index (χ1v) is 23.7. The third-order valence-corrected chi connectivity index (χ3v) is 13.1. The first-order chi connectivity index (χ1) is 35.8. The smallest absolute Gasteiger partial charge is 0.337 e. The summed E-state index contributed by atoms with van der Waals surface area (Å²) in [4.78, 5) is 53.6. The van der Waals surface area contributed by atoms with Gasteiger partial charge < -0.3 is 113 Å². The van der Waals surface area contributed by atoms with Crippen LogP contribution in [0.1, 0.15) is 32.3 Å². The highest BCUT2D eigenvalue weighted by Gasteiger charge is 2.51. The number of benzene rings is 1. The number of phenols is 1. The predicted octanol–water partition coefficient (Wildman–Crippen LogP) is -3.78. The van der Waals surface area contributed by atoms with Gasteiger partial charge in [-0.2, -0.15) is 0 Å². The third-order valence-electron chi connectivity index (χ3n) is 13.1. The summed E-state index contributed by atoms with van der Waals surface area (Å²) in [5, 5.41) is 114. The van der Waals surface area contributed by atoms with Crippen LogP contribution in [0.15, 0.2) is 71.2 Å². The van der Waals surface area contributed by atoms with Crippen LogP contribution < -0.4 is 0 Å². The molecule has 27 heteroatoms. The van der Waals surface area contributed by atoms with Gasteiger partial charge in [0.25, 0.3) is 0 Å². The Morgan fingerprint density at radius 2 is 1.04 bits per heavy atom. The van der Waals surface area contributed by atoms with Crippen molar-refractivity contribution < 1.29 is 132 Å². The van der Waals surface area contributed by atoms with E-state index < -0.39 is 173 Å². The lowest BCUT2D eigenvalue weighted by Gasteiger charge is -2.42. The van der Waals surface area contributed by atoms with Crippen LogP contribution in [-0.4, -0.2) is 225 Å². The van der Waals surface area contributed by atoms with Gasteiger partial charge in [-0.25, -0.2) is 9.59 Å². The molecule has 0 aromatic heterocycles. The molecule has 0 amide bonds. The quantitative estimate of drug-likeness (QED) is 0.0360. The van der Waals surface area contributed by atoms with Gasteiger partial charge in [-0.15, -0.1) is 0 Å². The molecule has 3 fully saturated rings. The number of carbonyl (C=O) groups is 4. The van der Waals surface area contributed by atoms with Crippen LogP contribution in [0.2, 0.25) is 0 Å². The van der Waals surface area contributed by atoms with E-state index in [-0.39, 0.29) is 41.1 Å². The molecule has 5 heterocycles. The average Bonchev–Trinajstić information content (AvgIpc) is 3.40. The largest absolute Gasteiger partial charge is 0.508 e. The summed E-state index contributed by atoms with van der Waals surface area (Å²) in [6, 6.07) is 6.08.